The lowest BCUT2D eigenvalue weighted by Crippen LogP contribution is -2.33. The molecule has 0 atom stereocenters. The van der Waals surface area contributed by atoms with Gasteiger partial charge in [0, 0.05) is 13.6 Å². The number of likely N-dealkylation sites (tertiary alicyclic amines) is 1. The molecule has 1 fully saturated rings. The molecule has 2 rings (SSSR count). The Hall–Kier alpha value is -1.56. The molecule has 0 aliphatic carbocycles. The highest BCUT2D eigenvalue weighted by atomic mass is 16.5. The molecule has 6 heteroatoms. The SMILES string of the molecule is CNc1ncnc(NCC2CCN(C)CC2)c1OC. The van der Waals surface area contributed by atoms with Crippen LogP contribution in [0.1, 0.15) is 12.8 Å². The van der Waals surface area contributed by atoms with Crippen molar-refractivity contribution in [3.8, 4) is 5.75 Å². The first-order chi connectivity index (χ1) is 9.24. The fraction of sp³-hybridized carbons (Fsp3) is 0.692. The van der Waals surface area contributed by atoms with E-state index < -0.39 is 0 Å². The Labute approximate surface area is 114 Å². The van der Waals surface area contributed by atoms with Gasteiger partial charge >= 0.3 is 0 Å². The molecular formula is C13H23N5O. The largest absolute Gasteiger partial charge is 0.490 e. The van der Waals surface area contributed by atoms with Gasteiger partial charge < -0.3 is 20.3 Å². The van der Waals surface area contributed by atoms with Crippen LogP contribution in [0.25, 0.3) is 0 Å². The summed E-state index contributed by atoms with van der Waals surface area (Å²) in [5, 5.41) is 6.40. The second kappa shape index (κ2) is 6.56. The number of nitrogens with one attached hydrogen (secondary N) is 2. The highest BCUT2D eigenvalue weighted by Crippen LogP contribution is 2.29. The van der Waals surface area contributed by atoms with Crippen LogP contribution in [-0.4, -0.2) is 55.7 Å². The lowest BCUT2D eigenvalue weighted by atomic mass is 9.97. The molecule has 0 bridgehead atoms. The summed E-state index contributed by atoms with van der Waals surface area (Å²) in [5.41, 5.74) is 0. The maximum absolute atomic E-state index is 5.37. The number of methoxy groups -OCH3 is 1. The predicted molar refractivity (Wildman–Crippen MR) is 76.8 cm³/mol. The maximum Gasteiger partial charge on any atom is 0.204 e. The van der Waals surface area contributed by atoms with Crippen molar-refractivity contribution in [1.82, 2.24) is 14.9 Å². The first-order valence-electron chi connectivity index (χ1n) is 6.73. The second-order valence-electron chi connectivity index (χ2n) is 4.98. The molecule has 6 nitrogen and oxygen atoms in total. The molecule has 106 valence electrons. The van der Waals surface area contributed by atoms with E-state index >= 15 is 0 Å². The van der Waals surface area contributed by atoms with Gasteiger partial charge in [0.15, 0.2) is 11.6 Å². The third-order valence-electron chi connectivity index (χ3n) is 3.64. The van der Waals surface area contributed by atoms with Crippen LogP contribution in [0, 0.1) is 5.92 Å². The summed E-state index contributed by atoms with van der Waals surface area (Å²) in [5.74, 6) is 2.86. The van der Waals surface area contributed by atoms with Gasteiger partial charge in [-0.3, -0.25) is 0 Å². The smallest absolute Gasteiger partial charge is 0.204 e. The molecule has 0 spiro atoms. The van der Waals surface area contributed by atoms with Gasteiger partial charge in [0.1, 0.15) is 6.33 Å². The van der Waals surface area contributed by atoms with Crippen molar-refractivity contribution in [1.29, 1.82) is 0 Å². The van der Waals surface area contributed by atoms with Crippen LogP contribution in [0.4, 0.5) is 11.6 Å². The van der Waals surface area contributed by atoms with Crippen molar-refractivity contribution in [3.63, 3.8) is 0 Å². The van der Waals surface area contributed by atoms with Crippen LogP contribution in [-0.2, 0) is 0 Å². The molecule has 1 aromatic rings. The summed E-state index contributed by atoms with van der Waals surface area (Å²) in [6, 6.07) is 0. The van der Waals surface area contributed by atoms with Gasteiger partial charge in [-0.15, -0.1) is 0 Å². The first kappa shape index (κ1) is 13.9. The minimum atomic E-state index is 0.679. The standard InChI is InChI=1S/C13H23N5O/c1-14-12-11(19-3)13(17-9-16-12)15-8-10-4-6-18(2)7-5-10/h9-10H,4-8H2,1-3H3,(H2,14,15,16,17). The van der Waals surface area contributed by atoms with Crippen molar-refractivity contribution in [2.75, 3.05) is 51.5 Å². The maximum atomic E-state index is 5.37. The Balaban J connectivity index is 1.95. The van der Waals surface area contributed by atoms with Gasteiger partial charge in [0.05, 0.1) is 7.11 Å². The van der Waals surface area contributed by atoms with E-state index in [0.717, 1.165) is 12.4 Å². The highest BCUT2D eigenvalue weighted by molar-refractivity contribution is 5.63. The zero-order chi connectivity index (χ0) is 13.7. The number of piperidine rings is 1. The van der Waals surface area contributed by atoms with Gasteiger partial charge in [-0.05, 0) is 38.9 Å². The number of hydrogen-bond donors (Lipinski definition) is 2. The summed E-state index contributed by atoms with van der Waals surface area (Å²) >= 11 is 0. The quantitative estimate of drug-likeness (QED) is 0.836. The van der Waals surface area contributed by atoms with E-state index in [0.29, 0.717) is 17.5 Å². The fourth-order valence-electron chi connectivity index (χ4n) is 2.38. The van der Waals surface area contributed by atoms with Crippen molar-refractivity contribution >= 4 is 11.6 Å². The topological polar surface area (TPSA) is 62.3 Å². The fourth-order valence-corrected chi connectivity index (χ4v) is 2.38. The molecular weight excluding hydrogens is 242 g/mol. The van der Waals surface area contributed by atoms with E-state index in [1.54, 1.807) is 13.4 Å². The Morgan fingerprint density at radius 1 is 1.32 bits per heavy atom. The summed E-state index contributed by atoms with van der Waals surface area (Å²) in [6.07, 6.45) is 4.01. The van der Waals surface area contributed by atoms with Crippen LogP contribution < -0.4 is 15.4 Å². The third-order valence-corrected chi connectivity index (χ3v) is 3.64. The van der Waals surface area contributed by atoms with Crippen molar-refractivity contribution < 1.29 is 4.74 Å². The number of aromatic nitrogens is 2. The molecule has 0 aromatic carbocycles. The van der Waals surface area contributed by atoms with Gasteiger partial charge in [-0.1, -0.05) is 0 Å². The molecule has 1 aliphatic heterocycles. The highest BCUT2D eigenvalue weighted by Gasteiger charge is 2.18. The average molecular weight is 265 g/mol. The van der Waals surface area contributed by atoms with Crippen LogP contribution in [0.3, 0.4) is 0 Å². The number of nitrogens with zero attached hydrogens (tertiary/aromatic N) is 3. The van der Waals surface area contributed by atoms with E-state index in [-0.39, 0.29) is 0 Å². The van der Waals surface area contributed by atoms with E-state index in [9.17, 15) is 0 Å². The molecule has 1 aromatic heterocycles. The van der Waals surface area contributed by atoms with E-state index in [1.165, 1.54) is 25.9 Å². The molecule has 0 unspecified atom stereocenters. The van der Waals surface area contributed by atoms with Gasteiger partial charge in [-0.2, -0.15) is 0 Å². The second-order valence-corrected chi connectivity index (χ2v) is 4.98. The predicted octanol–water partition coefficient (Wildman–Crippen LogP) is 1.28. The van der Waals surface area contributed by atoms with Gasteiger partial charge in [0.2, 0.25) is 5.75 Å². The molecule has 0 radical (unpaired) electrons. The van der Waals surface area contributed by atoms with E-state index in [2.05, 4.69) is 32.5 Å². The summed E-state index contributed by atoms with van der Waals surface area (Å²) < 4.78 is 5.37. The third kappa shape index (κ3) is 3.47. The molecule has 1 aliphatic rings. The average Bonchev–Trinajstić information content (AvgIpc) is 2.46. The first-order valence-corrected chi connectivity index (χ1v) is 6.73. The van der Waals surface area contributed by atoms with Crippen LogP contribution in [0.5, 0.6) is 5.75 Å². The number of hydrogen-bond acceptors (Lipinski definition) is 6. The van der Waals surface area contributed by atoms with Gasteiger partial charge in [-0.25, -0.2) is 9.97 Å². The molecule has 0 amide bonds. The Morgan fingerprint density at radius 2 is 2.00 bits per heavy atom. The van der Waals surface area contributed by atoms with Gasteiger partial charge in [0.25, 0.3) is 0 Å². The minimum Gasteiger partial charge on any atom is -0.490 e. The summed E-state index contributed by atoms with van der Waals surface area (Å²) in [6.45, 7) is 3.29. The lowest BCUT2D eigenvalue weighted by Gasteiger charge is -2.29. The Bertz CT molecular complexity index is 404. The van der Waals surface area contributed by atoms with Crippen LogP contribution in [0.2, 0.25) is 0 Å². The monoisotopic (exact) mass is 265 g/mol. The van der Waals surface area contributed by atoms with Crippen molar-refractivity contribution in [2.45, 2.75) is 12.8 Å². The number of ether oxygens (including phenoxy) is 1. The number of rotatable bonds is 5. The zero-order valence-corrected chi connectivity index (χ0v) is 11.9. The Morgan fingerprint density at radius 3 is 2.63 bits per heavy atom. The summed E-state index contributed by atoms with van der Waals surface area (Å²) in [4.78, 5) is 10.8. The normalized spacial score (nSPS) is 17.2. The Kier molecular flexibility index (Phi) is 4.79. The van der Waals surface area contributed by atoms with Crippen molar-refractivity contribution in [2.24, 2.45) is 5.92 Å². The lowest BCUT2D eigenvalue weighted by molar-refractivity contribution is 0.226. The molecule has 19 heavy (non-hydrogen) atoms. The van der Waals surface area contributed by atoms with E-state index in [1.807, 2.05) is 7.05 Å². The zero-order valence-electron chi connectivity index (χ0n) is 11.9. The summed E-state index contributed by atoms with van der Waals surface area (Å²) in [7, 11) is 5.64. The number of anilines is 2. The molecule has 0 saturated carbocycles. The molecule has 1 saturated heterocycles. The molecule has 2 N–H and O–H groups in total. The molecule has 2 heterocycles. The van der Waals surface area contributed by atoms with E-state index in [4.69, 9.17) is 4.74 Å². The minimum absolute atomic E-state index is 0.679. The van der Waals surface area contributed by atoms with Crippen LogP contribution >= 0.6 is 0 Å². The van der Waals surface area contributed by atoms with Crippen LogP contribution in [0.15, 0.2) is 6.33 Å². The van der Waals surface area contributed by atoms with Crippen molar-refractivity contribution in [3.05, 3.63) is 6.33 Å².